The Kier molecular flexibility index (Phi) is 6.92. The number of aryl methyl sites for hydroxylation is 1. The Balaban J connectivity index is 2.23. The molecule has 0 spiro atoms. The van der Waals surface area contributed by atoms with Crippen molar-refractivity contribution in [3.05, 3.63) is 23.8 Å². The summed E-state index contributed by atoms with van der Waals surface area (Å²) in [5, 5.41) is 2.86. The minimum absolute atomic E-state index is 0.0109. The van der Waals surface area contributed by atoms with Crippen molar-refractivity contribution in [2.24, 2.45) is 0 Å². The van der Waals surface area contributed by atoms with E-state index in [2.05, 4.69) is 5.32 Å². The summed E-state index contributed by atoms with van der Waals surface area (Å²) in [7, 11) is 1.63. The van der Waals surface area contributed by atoms with Crippen molar-refractivity contribution in [3.8, 4) is 0 Å². The zero-order chi connectivity index (χ0) is 14.1. The lowest BCUT2D eigenvalue weighted by Crippen LogP contribution is -2.13. The van der Waals surface area contributed by atoms with E-state index in [-0.39, 0.29) is 5.91 Å². The third kappa shape index (κ3) is 6.22. The first-order valence-electron chi connectivity index (χ1n) is 6.36. The zero-order valence-electron chi connectivity index (χ0n) is 11.6. The summed E-state index contributed by atoms with van der Waals surface area (Å²) >= 11 is 0. The second kappa shape index (κ2) is 8.50. The molecule has 0 aliphatic carbocycles. The van der Waals surface area contributed by atoms with Gasteiger partial charge in [0.05, 0.1) is 13.2 Å². The van der Waals surface area contributed by atoms with Gasteiger partial charge in [0.15, 0.2) is 0 Å². The molecule has 5 heteroatoms. The minimum Gasteiger partial charge on any atom is -0.399 e. The van der Waals surface area contributed by atoms with Gasteiger partial charge in [-0.3, -0.25) is 4.79 Å². The SMILES string of the molecule is COCCOCCCC(=O)Nc1ccc(N)cc1C. The van der Waals surface area contributed by atoms with Gasteiger partial charge in [0.1, 0.15) is 0 Å². The summed E-state index contributed by atoms with van der Waals surface area (Å²) in [6, 6.07) is 5.43. The molecule has 19 heavy (non-hydrogen) atoms. The first kappa shape index (κ1) is 15.5. The molecule has 5 nitrogen and oxygen atoms in total. The second-order valence-electron chi connectivity index (χ2n) is 4.33. The van der Waals surface area contributed by atoms with Crippen LogP contribution in [-0.2, 0) is 14.3 Å². The standard InChI is InChI=1S/C14H22N2O3/c1-11-10-12(15)5-6-13(11)16-14(17)4-3-7-19-9-8-18-2/h5-6,10H,3-4,7-9,15H2,1-2H3,(H,16,17). The van der Waals surface area contributed by atoms with Crippen LogP contribution < -0.4 is 11.1 Å². The van der Waals surface area contributed by atoms with Crippen molar-refractivity contribution in [1.82, 2.24) is 0 Å². The fourth-order valence-electron chi connectivity index (χ4n) is 1.62. The first-order valence-corrected chi connectivity index (χ1v) is 6.36. The molecular weight excluding hydrogens is 244 g/mol. The third-order valence-electron chi connectivity index (χ3n) is 2.65. The number of hydrogen-bond acceptors (Lipinski definition) is 4. The summed E-state index contributed by atoms with van der Waals surface area (Å²) in [6.07, 6.45) is 1.14. The van der Waals surface area contributed by atoms with E-state index in [1.54, 1.807) is 13.2 Å². The number of benzene rings is 1. The molecule has 0 radical (unpaired) electrons. The third-order valence-corrected chi connectivity index (χ3v) is 2.65. The number of nitrogens with two attached hydrogens (primary N) is 1. The fraction of sp³-hybridized carbons (Fsp3) is 0.500. The molecule has 1 amide bonds. The summed E-state index contributed by atoms with van der Waals surface area (Å²) in [6.45, 7) is 3.63. The normalized spacial score (nSPS) is 10.4. The van der Waals surface area contributed by atoms with E-state index in [9.17, 15) is 4.79 Å². The van der Waals surface area contributed by atoms with Crippen LogP contribution in [-0.4, -0.2) is 32.8 Å². The number of methoxy groups -OCH3 is 1. The van der Waals surface area contributed by atoms with Gasteiger partial charge in [0, 0.05) is 31.5 Å². The van der Waals surface area contributed by atoms with E-state index in [4.69, 9.17) is 15.2 Å². The molecule has 0 saturated heterocycles. The molecule has 0 aromatic heterocycles. The molecule has 0 heterocycles. The number of rotatable bonds is 8. The van der Waals surface area contributed by atoms with Crippen molar-refractivity contribution in [2.45, 2.75) is 19.8 Å². The van der Waals surface area contributed by atoms with Gasteiger partial charge in [0.25, 0.3) is 0 Å². The first-order chi connectivity index (χ1) is 9.13. The average Bonchev–Trinajstić information content (AvgIpc) is 2.37. The van der Waals surface area contributed by atoms with Crippen LogP contribution in [0, 0.1) is 6.92 Å². The van der Waals surface area contributed by atoms with Crippen LogP contribution in [0.2, 0.25) is 0 Å². The fourth-order valence-corrected chi connectivity index (χ4v) is 1.62. The lowest BCUT2D eigenvalue weighted by Gasteiger charge is -2.09. The molecule has 1 aromatic rings. The van der Waals surface area contributed by atoms with E-state index in [0.717, 1.165) is 11.3 Å². The van der Waals surface area contributed by atoms with Crippen LogP contribution in [0.15, 0.2) is 18.2 Å². The molecule has 1 aromatic carbocycles. The Labute approximate surface area is 114 Å². The van der Waals surface area contributed by atoms with Gasteiger partial charge in [-0.2, -0.15) is 0 Å². The van der Waals surface area contributed by atoms with Gasteiger partial charge in [0.2, 0.25) is 5.91 Å². The molecule has 3 N–H and O–H groups in total. The van der Waals surface area contributed by atoms with Crippen molar-refractivity contribution < 1.29 is 14.3 Å². The molecular formula is C14H22N2O3. The Morgan fingerprint density at radius 3 is 2.79 bits per heavy atom. The zero-order valence-corrected chi connectivity index (χ0v) is 11.6. The number of anilines is 2. The Morgan fingerprint density at radius 1 is 1.32 bits per heavy atom. The molecule has 0 atom stereocenters. The van der Waals surface area contributed by atoms with Crippen LogP contribution in [0.4, 0.5) is 11.4 Å². The quantitative estimate of drug-likeness (QED) is 0.557. The van der Waals surface area contributed by atoms with Crippen LogP contribution in [0.5, 0.6) is 0 Å². The van der Waals surface area contributed by atoms with Gasteiger partial charge in [-0.15, -0.1) is 0 Å². The number of amides is 1. The maximum atomic E-state index is 11.7. The van der Waals surface area contributed by atoms with Crippen LogP contribution in [0.1, 0.15) is 18.4 Å². The highest BCUT2D eigenvalue weighted by Gasteiger charge is 2.04. The van der Waals surface area contributed by atoms with E-state index in [0.29, 0.717) is 38.3 Å². The number of ether oxygens (including phenoxy) is 2. The molecule has 0 unspecified atom stereocenters. The lowest BCUT2D eigenvalue weighted by molar-refractivity contribution is -0.116. The molecule has 0 saturated carbocycles. The van der Waals surface area contributed by atoms with Crippen LogP contribution >= 0.6 is 0 Å². The van der Waals surface area contributed by atoms with Gasteiger partial charge < -0.3 is 20.5 Å². The maximum absolute atomic E-state index is 11.7. The molecule has 0 aliphatic heterocycles. The van der Waals surface area contributed by atoms with E-state index in [1.807, 2.05) is 19.1 Å². The van der Waals surface area contributed by atoms with Gasteiger partial charge >= 0.3 is 0 Å². The van der Waals surface area contributed by atoms with Crippen molar-refractivity contribution in [3.63, 3.8) is 0 Å². The monoisotopic (exact) mass is 266 g/mol. The smallest absolute Gasteiger partial charge is 0.224 e. The molecule has 0 fully saturated rings. The second-order valence-corrected chi connectivity index (χ2v) is 4.33. The molecule has 0 bridgehead atoms. The predicted molar refractivity (Wildman–Crippen MR) is 76.2 cm³/mol. The molecule has 0 aliphatic rings. The number of nitrogen functional groups attached to an aromatic ring is 1. The van der Waals surface area contributed by atoms with Gasteiger partial charge in [-0.25, -0.2) is 0 Å². The topological polar surface area (TPSA) is 73.6 Å². The number of carbonyl (C=O) groups is 1. The number of carbonyl (C=O) groups excluding carboxylic acids is 1. The minimum atomic E-state index is -0.0109. The van der Waals surface area contributed by atoms with E-state index in [1.165, 1.54) is 0 Å². The predicted octanol–water partition coefficient (Wildman–Crippen LogP) is 1.96. The van der Waals surface area contributed by atoms with E-state index >= 15 is 0 Å². The van der Waals surface area contributed by atoms with Gasteiger partial charge in [-0.1, -0.05) is 0 Å². The summed E-state index contributed by atoms with van der Waals surface area (Å²) in [5.41, 5.74) is 8.12. The Morgan fingerprint density at radius 2 is 2.11 bits per heavy atom. The molecule has 1 rings (SSSR count). The number of nitrogens with one attached hydrogen (secondary N) is 1. The largest absolute Gasteiger partial charge is 0.399 e. The number of hydrogen-bond donors (Lipinski definition) is 2. The van der Waals surface area contributed by atoms with Crippen molar-refractivity contribution >= 4 is 17.3 Å². The highest BCUT2D eigenvalue weighted by atomic mass is 16.5. The van der Waals surface area contributed by atoms with Gasteiger partial charge in [-0.05, 0) is 37.1 Å². The summed E-state index contributed by atoms with van der Waals surface area (Å²) < 4.78 is 10.1. The average molecular weight is 266 g/mol. The maximum Gasteiger partial charge on any atom is 0.224 e. The summed E-state index contributed by atoms with van der Waals surface area (Å²) in [4.78, 5) is 11.7. The summed E-state index contributed by atoms with van der Waals surface area (Å²) in [5.74, 6) is -0.0109. The van der Waals surface area contributed by atoms with Crippen LogP contribution in [0.3, 0.4) is 0 Å². The van der Waals surface area contributed by atoms with E-state index < -0.39 is 0 Å². The lowest BCUT2D eigenvalue weighted by atomic mass is 10.1. The Hall–Kier alpha value is -1.59. The highest BCUT2D eigenvalue weighted by Crippen LogP contribution is 2.17. The molecule has 106 valence electrons. The van der Waals surface area contributed by atoms with Crippen molar-refractivity contribution in [1.29, 1.82) is 0 Å². The van der Waals surface area contributed by atoms with Crippen molar-refractivity contribution in [2.75, 3.05) is 38.0 Å². The Bertz CT molecular complexity index is 408. The van der Waals surface area contributed by atoms with Crippen LogP contribution in [0.25, 0.3) is 0 Å². The highest BCUT2D eigenvalue weighted by molar-refractivity contribution is 5.91.